The molecule has 2 aromatic rings. The maximum Gasteiger partial charge on any atom is 0.335 e. The van der Waals surface area contributed by atoms with Gasteiger partial charge in [-0.3, -0.25) is 4.99 Å². The van der Waals surface area contributed by atoms with Crippen molar-refractivity contribution in [2.75, 3.05) is 0 Å². The number of aliphatic imine (C=N–C) groups is 1. The number of rotatable bonds is 4. The Kier molecular flexibility index (Phi) is 4.60. The number of nitrogens with zero attached hydrogens (tertiary/aromatic N) is 1. The first kappa shape index (κ1) is 15.5. The molecule has 0 unspecified atom stereocenters. The third kappa shape index (κ3) is 3.70. The summed E-state index contributed by atoms with van der Waals surface area (Å²) in [5.41, 5.74) is 2.08. The Morgan fingerprint density at radius 3 is 2.70 bits per heavy atom. The molecule has 1 heterocycles. The normalized spacial score (nSPS) is 16.0. The molecule has 120 valence electrons. The molecule has 0 radical (unpaired) electrons. The summed E-state index contributed by atoms with van der Waals surface area (Å²) in [7, 11) is 0. The van der Waals surface area contributed by atoms with Crippen molar-refractivity contribution in [2.24, 2.45) is 4.99 Å². The molecule has 0 amide bonds. The van der Waals surface area contributed by atoms with E-state index < -0.39 is 5.97 Å². The minimum absolute atomic E-state index is 0.289. The molecular weight excluding hydrogens is 290 g/mol. The van der Waals surface area contributed by atoms with Crippen LogP contribution < -0.4 is 0 Å². The maximum absolute atomic E-state index is 11.0. The fourth-order valence-electron chi connectivity index (χ4n) is 3.05. The maximum atomic E-state index is 11.0. The number of hydrogen-bond acceptors (Lipinski definition) is 3. The molecule has 1 aromatic carbocycles. The first-order valence-corrected chi connectivity index (χ1v) is 8.11. The summed E-state index contributed by atoms with van der Waals surface area (Å²) < 4.78 is 5.85. The second-order valence-corrected chi connectivity index (χ2v) is 6.11. The van der Waals surface area contributed by atoms with E-state index in [-0.39, 0.29) is 5.56 Å². The third-order valence-electron chi connectivity index (χ3n) is 4.35. The van der Waals surface area contributed by atoms with Crippen LogP contribution in [-0.2, 0) is 0 Å². The van der Waals surface area contributed by atoms with Gasteiger partial charge in [-0.05, 0) is 49.6 Å². The van der Waals surface area contributed by atoms with E-state index in [4.69, 9.17) is 9.52 Å². The summed E-state index contributed by atoms with van der Waals surface area (Å²) >= 11 is 0. The fraction of sp³-hybridized carbons (Fsp3) is 0.368. The van der Waals surface area contributed by atoms with E-state index in [1.807, 2.05) is 25.3 Å². The Labute approximate surface area is 135 Å². The van der Waals surface area contributed by atoms with E-state index in [9.17, 15) is 4.79 Å². The number of aryl methyl sites for hydroxylation is 1. The molecule has 1 aliphatic rings. The van der Waals surface area contributed by atoms with Crippen molar-refractivity contribution < 1.29 is 14.3 Å². The summed E-state index contributed by atoms with van der Waals surface area (Å²) in [6.07, 6.45) is 8.00. The molecule has 0 atom stereocenters. The van der Waals surface area contributed by atoms with Crippen molar-refractivity contribution in [1.82, 2.24) is 0 Å². The van der Waals surface area contributed by atoms with Gasteiger partial charge < -0.3 is 9.52 Å². The lowest BCUT2D eigenvalue weighted by Gasteiger charge is -2.16. The van der Waals surface area contributed by atoms with E-state index >= 15 is 0 Å². The zero-order valence-corrected chi connectivity index (χ0v) is 13.3. The molecule has 1 N–H and O–H groups in total. The summed E-state index contributed by atoms with van der Waals surface area (Å²) in [5, 5.41) is 9.03. The largest absolute Gasteiger partial charge is 0.478 e. The van der Waals surface area contributed by atoms with Crippen LogP contribution in [0.2, 0.25) is 0 Å². The SMILES string of the molecule is Cc1cc(C(=O)O)ccc1-c1ccc(C=NC2CCCCC2)o1. The van der Waals surface area contributed by atoms with Gasteiger partial charge in [0.2, 0.25) is 0 Å². The number of carboxylic acids is 1. The van der Waals surface area contributed by atoms with E-state index in [0.717, 1.165) is 22.6 Å². The first-order valence-electron chi connectivity index (χ1n) is 8.11. The van der Waals surface area contributed by atoms with Crippen molar-refractivity contribution in [3.05, 3.63) is 47.2 Å². The topological polar surface area (TPSA) is 62.8 Å². The van der Waals surface area contributed by atoms with E-state index in [2.05, 4.69) is 4.99 Å². The number of benzene rings is 1. The predicted octanol–water partition coefficient (Wildman–Crippen LogP) is 4.70. The summed E-state index contributed by atoms with van der Waals surface area (Å²) in [4.78, 5) is 15.6. The fourth-order valence-corrected chi connectivity index (χ4v) is 3.05. The zero-order valence-electron chi connectivity index (χ0n) is 13.3. The quantitative estimate of drug-likeness (QED) is 0.832. The molecule has 4 nitrogen and oxygen atoms in total. The molecule has 0 bridgehead atoms. The predicted molar refractivity (Wildman–Crippen MR) is 90.3 cm³/mol. The number of aromatic carboxylic acids is 1. The van der Waals surface area contributed by atoms with Crippen LogP contribution in [-0.4, -0.2) is 23.3 Å². The Morgan fingerprint density at radius 2 is 2.00 bits per heavy atom. The molecular formula is C19H21NO3. The van der Waals surface area contributed by atoms with Gasteiger partial charge >= 0.3 is 5.97 Å². The highest BCUT2D eigenvalue weighted by Crippen LogP contribution is 2.26. The van der Waals surface area contributed by atoms with E-state index in [1.165, 1.54) is 32.1 Å². The van der Waals surface area contributed by atoms with Crippen molar-refractivity contribution in [3.63, 3.8) is 0 Å². The summed E-state index contributed by atoms with van der Waals surface area (Å²) in [5.74, 6) is 0.566. The first-order chi connectivity index (χ1) is 11.1. The van der Waals surface area contributed by atoms with Crippen molar-refractivity contribution in [3.8, 4) is 11.3 Å². The van der Waals surface area contributed by atoms with Crippen LogP contribution in [0.3, 0.4) is 0 Å². The van der Waals surface area contributed by atoms with Crippen LogP contribution in [0.15, 0.2) is 39.7 Å². The average molecular weight is 311 g/mol. The highest BCUT2D eigenvalue weighted by molar-refractivity contribution is 5.89. The molecule has 1 aliphatic carbocycles. The second-order valence-electron chi connectivity index (χ2n) is 6.11. The van der Waals surface area contributed by atoms with E-state index in [0.29, 0.717) is 6.04 Å². The highest BCUT2D eigenvalue weighted by atomic mass is 16.4. The monoisotopic (exact) mass is 311 g/mol. The van der Waals surface area contributed by atoms with Gasteiger partial charge in [-0.15, -0.1) is 0 Å². The number of hydrogen-bond donors (Lipinski definition) is 1. The smallest absolute Gasteiger partial charge is 0.335 e. The molecule has 4 heteroatoms. The minimum atomic E-state index is -0.917. The third-order valence-corrected chi connectivity index (χ3v) is 4.35. The Morgan fingerprint density at radius 1 is 1.22 bits per heavy atom. The van der Waals surface area contributed by atoms with Crippen molar-refractivity contribution in [2.45, 2.75) is 45.1 Å². The lowest BCUT2D eigenvalue weighted by Crippen LogP contribution is -2.09. The second kappa shape index (κ2) is 6.82. The van der Waals surface area contributed by atoms with Gasteiger partial charge in [0.15, 0.2) is 0 Å². The molecule has 23 heavy (non-hydrogen) atoms. The average Bonchev–Trinajstić information content (AvgIpc) is 3.02. The number of carbonyl (C=O) groups is 1. The van der Waals surface area contributed by atoms with Gasteiger partial charge in [0.05, 0.1) is 17.8 Å². The van der Waals surface area contributed by atoms with E-state index in [1.54, 1.807) is 18.2 Å². The standard InChI is InChI=1S/C19H21NO3/c1-13-11-14(19(21)22)7-9-17(13)18-10-8-16(23-18)12-20-15-5-3-2-4-6-15/h7-12,15H,2-6H2,1H3,(H,21,22). The molecule has 0 aliphatic heterocycles. The van der Waals surface area contributed by atoms with Gasteiger partial charge in [-0.25, -0.2) is 4.79 Å². The van der Waals surface area contributed by atoms with Crippen LogP contribution in [0.5, 0.6) is 0 Å². The van der Waals surface area contributed by atoms with Crippen LogP contribution in [0.25, 0.3) is 11.3 Å². The summed E-state index contributed by atoms with van der Waals surface area (Å²) in [6.45, 7) is 1.89. The van der Waals surface area contributed by atoms with Crippen LogP contribution in [0.4, 0.5) is 0 Å². The van der Waals surface area contributed by atoms with Crippen molar-refractivity contribution >= 4 is 12.2 Å². The van der Waals surface area contributed by atoms with Crippen LogP contribution in [0.1, 0.15) is 53.8 Å². The highest BCUT2D eigenvalue weighted by Gasteiger charge is 2.12. The van der Waals surface area contributed by atoms with Gasteiger partial charge in [0.1, 0.15) is 11.5 Å². The van der Waals surface area contributed by atoms with Crippen LogP contribution >= 0.6 is 0 Å². The molecule has 1 saturated carbocycles. The minimum Gasteiger partial charge on any atom is -0.478 e. The molecule has 1 fully saturated rings. The van der Waals surface area contributed by atoms with Crippen molar-refractivity contribution in [1.29, 1.82) is 0 Å². The lowest BCUT2D eigenvalue weighted by molar-refractivity contribution is 0.0697. The van der Waals surface area contributed by atoms with Gasteiger partial charge in [-0.1, -0.05) is 25.3 Å². The Bertz CT molecular complexity index is 724. The number of furan rings is 1. The Hall–Kier alpha value is -2.36. The molecule has 0 spiro atoms. The van der Waals surface area contributed by atoms with Crippen LogP contribution in [0, 0.1) is 6.92 Å². The number of carboxylic acid groups (broad SMARTS) is 1. The van der Waals surface area contributed by atoms with Gasteiger partial charge in [0.25, 0.3) is 0 Å². The zero-order chi connectivity index (χ0) is 16.2. The lowest BCUT2D eigenvalue weighted by atomic mass is 9.96. The molecule has 0 saturated heterocycles. The molecule has 3 rings (SSSR count). The van der Waals surface area contributed by atoms with Gasteiger partial charge in [0, 0.05) is 5.56 Å². The summed E-state index contributed by atoms with van der Waals surface area (Å²) in [6, 6.07) is 9.30. The molecule has 1 aromatic heterocycles. The van der Waals surface area contributed by atoms with Gasteiger partial charge in [-0.2, -0.15) is 0 Å². The Balaban J connectivity index is 1.76.